The summed E-state index contributed by atoms with van der Waals surface area (Å²) in [6.07, 6.45) is 0.257. The van der Waals surface area contributed by atoms with Crippen molar-refractivity contribution in [3.05, 3.63) is 28.8 Å². The maximum atomic E-state index is 12.3. The summed E-state index contributed by atoms with van der Waals surface area (Å²) in [5.41, 5.74) is 0.569. The summed E-state index contributed by atoms with van der Waals surface area (Å²) in [7, 11) is 1.32. The molecule has 0 N–H and O–H groups in total. The predicted octanol–water partition coefficient (Wildman–Crippen LogP) is 4.13. The molecule has 1 atom stereocenters. The minimum atomic E-state index is -2.88. The molecule has 112 valence electrons. The van der Waals surface area contributed by atoms with Crippen molar-refractivity contribution in [2.24, 2.45) is 0 Å². The van der Waals surface area contributed by atoms with Gasteiger partial charge in [0, 0.05) is 21.6 Å². The van der Waals surface area contributed by atoms with Gasteiger partial charge in [0.15, 0.2) is 0 Å². The normalized spacial score (nSPS) is 12.3. The van der Waals surface area contributed by atoms with Crippen LogP contribution in [0.15, 0.2) is 18.2 Å². The van der Waals surface area contributed by atoms with Crippen LogP contribution in [0.2, 0.25) is 5.02 Å². The lowest BCUT2D eigenvalue weighted by Gasteiger charge is -2.13. The highest BCUT2D eigenvalue weighted by atomic mass is 35.5. The predicted molar refractivity (Wildman–Crippen MR) is 75.5 cm³/mol. The van der Waals surface area contributed by atoms with E-state index in [1.54, 1.807) is 6.07 Å². The fourth-order valence-corrected chi connectivity index (χ4v) is 2.62. The highest BCUT2D eigenvalue weighted by molar-refractivity contribution is 7.99. The first kappa shape index (κ1) is 17.0. The van der Waals surface area contributed by atoms with Gasteiger partial charge in [0.25, 0.3) is 0 Å². The molecule has 0 aromatic heterocycles. The van der Waals surface area contributed by atoms with Gasteiger partial charge in [-0.1, -0.05) is 18.5 Å². The molecule has 0 heterocycles. The highest BCUT2D eigenvalue weighted by Gasteiger charge is 2.14. The van der Waals surface area contributed by atoms with E-state index in [4.69, 9.17) is 11.6 Å². The van der Waals surface area contributed by atoms with E-state index in [0.717, 1.165) is 0 Å². The van der Waals surface area contributed by atoms with Crippen LogP contribution in [-0.4, -0.2) is 24.9 Å². The summed E-state index contributed by atoms with van der Waals surface area (Å²) in [6, 6.07) is 4.48. The van der Waals surface area contributed by atoms with Gasteiger partial charge in [0.2, 0.25) is 0 Å². The van der Waals surface area contributed by atoms with Crippen molar-refractivity contribution in [1.82, 2.24) is 0 Å². The van der Waals surface area contributed by atoms with Crippen molar-refractivity contribution in [3.63, 3.8) is 0 Å². The number of esters is 1. The minimum absolute atomic E-state index is 0.000770. The Morgan fingerprint density at radius 2 is 2.15 bits per heavy atom. The molecule has 0 aliphatic rings. The summed E-state index contributed by atoms with van der Waals surface area (Å²) in [5.74, 6) is 0.211. The van der Waals surface area contributed by atoms with Crippen LogP contribution in [0.1, 0.15) is 18.9 Å². The molecule has 20 heavy (non-hydrogen) atoms. The Morgan fingerprint density at radius 1 is 1.45 bits per heavy atom. The average molecular weight is 325 g/mol. The van der Waals surface area contributed by atoms with Crippen molar-refractivity contribution in [3.8, 4) is 5.75 Å². The first-order valence-corrected chi connectivity index (χ1v) is 7.26. The van der Waals surface area contributed by atoms with Gasteiger partial charge in [-0.05, 0) is 18.2 Å². The van der Waals surface area contributed by atoms with Gasteiger partial charge in [0.05, 0.1) is 13.5 Å². The van der Waals surface area contributed by atoms with Crippen LogP contribution < -0.4 is 4.74 Å². The summed E-state index contributed by atoms with van der Waals surface area (Å²) < 4.78 is 33.6. The van der Waals surface area contributed by atoms with Crippen molar-refractivity contribution in [2.75, 3.05) is 7.11 Å². The summed E-state index contributed by atoms with van der Waals surface area (Å²) in [4.78, 5) is 11.1. The lowest BCUT2D eigenvalue weighted by molar-refractivity contribution is -0.140. The highest BCUT2D eigenvalue weighted by Crippen LogP contribution is 2.30. The molecule has 0 radical (unpaired) electrons. The third-order valence-electron chi connectivity index (χ3n) is 2.44. The molecule has 0 bridgehead atoms. The number of ether oxygens (including phenoxy) is 2. The fourth-order valence-electron chi connectivity index (χ4n) is 1.48. The third-order valence-corrected chi connectivity index (χ3v) is 3.89. The Balaban J connectivity index is 2.66. The van der Waals surface area contributed by atoms with Crippen LogP contribution in [-0.2, 0) is 15.3 Å². The molecule has 0 aliphatic heterocycles. The number of methoxy groups -OCH3 is 1. The van der Waals surface area contributed by atoms with E-state index in [9.17, 15) is 13.6 Å². The first-order valence-electron chi connectivity index (χ1n) is 5.84. The largest absolute Gasteiger partial charge is 0.469 e. The zero-order valence-electron chi connectivity index (χ0n) is 11.1. The maximum absolute atomic E-state index is 12.3. The third kappa shape index (κ3) is 5.96. The molecule has 3 nitrogen and oxygen atoms in total. The first-order chi connectivity index (χ1) is 9.42. The molecule has 0 spiro atoms. The van der Waals surface area contributed by atoms with Crippen molar-refractivity contribution >= 4 is 29.3 Å². The number of hydrogen-bond acceptors (Lipinski definition) is 4. The standard InChI is InChI=1S/C13H15ClF2O3S/c1-8(5-12(17)18-2)20-7-9-6-10(14)3-4-11(9)19-13(15)16/h3-4,6,8,13H,5,7H2,1-2H3. The van der Waals surface area contributed by atoms with Gasteiger partial charge in [-0.2, -0.15) is 20.5 Å². The topological polar surface area (TPSA) is 35.5 Å². The van der Waals surface area contributed by atoms with E-state index in [1.165, 1.54) is 31.0 Å². The molecular weight excluding hydrogens is 310 g/mol. The van der Waals surface area contributed by atoms with Crippen LogP contribution in [0, 0.1) is 0 Å². The lowest BCUT2D eigenvalue weighted by Crippen LogP contribution is -2.09. The van der Waals surface area contributed by atoms with Gasteiger partial charge >= 0.3 is 12.6 Å². The second-order valence-electron chi connectivity index (χ2n) is 4.03. The number of benzene rings is 1. The Labute approximate surface area is 125 Å². The molecular formula is C13H15ClF2O3S. The van der Waals surface area contributed by atoms with Crippen LogP contribution in [0.5, 0.6) is 5.75 Å². The van der Waals surface area contributed by atoms with Gasteiger partial charge in [0.1, 0.15) is 5.75 Å². The molecule has 7 heteroatoms. The van der Waals surface area contributed by atoms with E-state index in [2.05, 4.69) is 9.47 Å². The molecule has 0 amide bonds. The van der Waals surface area contributed by atoms with Gasteiger partial charge < -0.3 is 9.47 Å². The number of halogens is 3. The van der Waals surface area contributed by atoms with Crippen LogP contribution in [0.3, 0.4) is 0 Å². The number of carbonyl (C=O) groups is 1. The van der Waals surface area contributed by atoms with Gasteiger partial charge in [-0.3, -0.25) is 4.79 Å². The number of rotatable bonds is 7. The SMILES string of the molecule is COC(=O)CC(C)SCc1cc(Cl)ccc1OC(F)F. The molecule has 0 saturated carbocycles. The van der Waals surface area contributed by atoms with Gasteiger partial charge in [-0.25, -0.2) is 0 Å². The Kier molecular flexibility index (Phi) is 7.09. The fraction of sp³-hybridized carbons (Fsp3) is 0.462. The Hall–Kier alpha value is -1.01. The van der Waals surface area contributed by atoms with Crippen molar-refractivity contribution in [2.45, 2.75) is 31.0 Å². The molecule has 1 unspecified atom stereocenters. The number of alkyl halides is 2. The van der Waals surface area contributed by atoms with E-state index in [-0.39, 0.29) is 23.4 Å². The number of hydrogen-bond donors (Lipinski definition) is 0. The summed E-state index contributed by atoms with van der Waals surface area (Å²) >= 11 is 7.29. The van der Waals surface area contributed by atoms with Crippen molar-refractivity contribution < 1.29 is 23.0 Å². The van der Waals surface area contributed by atoms with E-state index in [0.29, 0.717) is 16.3 Å². The molecule has 0 aliphatic carbocycles. The zero-order chi connectivity index (χ0) is 15.1. The second kappa shape index (κ2) is 8.32. The smallest absolute Gasteiger partial charge is 0.387 e. The Bertz CT molecular complexity index is 457. The van der Waals surface area contributed by atoms with E-state index >= 15 is 0 Å². The number of thioether (sulfide) groups is 1. The van der Waals surface area contributed by atoms with E-state index < -0.39 is 6.61 Å². The molecule has 1 rings (SSSR count). The zero-order valence-corrected chi connectivity index (χ0v) is 12.6. The van der Waals surface area contributed by atoms with Gasteiger partial charge in [-0.15, -0.1) is 0 Å². The minimum Gasteiger partial charge on any atom is -0.469 e. The quantitative estimate of drug-likeness (QED) is 0.707. The summed E-state index contributed by atoms with van der Waals surface area (Å²) in [6.45, 7) is -1.02. The molecule has 0 saturated heterocycles. The van der Waals surface area contributed by atoms with Crippen LogP contribution in [0.25, 0.3) is 0 Å². The molecule has 1 aromatic carbocycles. The Morgan fingerprint density at radius 3 is 2.75 bits per heavy atom. The van der Waals surface area contributed by atoms with E-state index in [1.807, 2.05) is 6.92 Å². The maximum Gasteiger partial charge on any atom is 0.387 e. The lowest BCUT2D eigenvalue weighted by atomic mass is 10.2. The average Bonchev–Trinajstić information content (AvgIpc) is 2.38. The van der Waals surface area contributed by atoms with Crippen LogP contribution in [0.4, 0.5) is 8.78 Å². The molecule has 1 aromatic rings. The number of carbonyl (C=O) groups excluding carboxylic acids is 1. The molecule has 0 fully saturated rings. The summed E-state index contributed by atoms with van der Waals surface area (Å²) in [5, 5.41) is 0.448. The monoisotopic (exact) mass is 324 g/mol. The second-order valence-corrected chi connectivity index (χ2v) is 5.90. The van der Waals surface area contributed by atoms with Crippen LogP contribution >= 0.6 is 23.4 Å². The van der Waals surface area contributed by atoms with Crippen molar-refractivity contribution in [1.29, 1.82) is 0 Å².